The normalized spacial score (nSPS) is 20.6. The Morgan fingerprint density at radius 3 is 2.29 bits per heavy atom. The number of carbonyl (C=O) groups is 2. The van der Waals surface area contributed by atoms with E-state index in [4.69, 9.17) is 14.2 Å². The largest absolute Gasteiger partial charge is 0.493 e. The number of amides is 1. The van der Waals surface area contributed by atoms with Gasteiger partial charge in [0.25, 0.3) is 0 Å². The van der Waals surface area contributed by atoms with Crippen LogP contribution in [0.1, 0.15) is 37.0 Å². The molecule has 0 spiro atoms. The first-order valence-electron chi connectivity index (χ1n) is 8.13. The Balaban J connectivity index is 1.94. The Hall–Kier alpha value is -2.08. The van der Waals surface area contributed by atoms with Gasteiger partial charge in [-0.1, -0.05) is 0 Å². The van der Waals surface area contributed by atoms with E-state index in [1.807, 2.05) is 13.8 Å². The average Bonchev–Trinajstić information content (AvgIpc) is 2.57. The molecule has 1 fully saturated rings. The van der Waals surface area contributed by atoms with E-state index in [2.05, 4.69) is 0 Å². The number of benzene rings is 1. The van der Waals surface area contributed by atoms with E-state index in [0.717, 1.165) is 0 Å². The Labute approximate surface area is 142 Å². The summed E-state index contributed by atoms with van der Waals surface area (Å²) in [5.41, 5.74) is 0.518. The van der Waals surface area contributed by atoms with Gasteiger partial charge in [0, 0.05) is 31.5 Å². The third-order valence-corrected chi connectivity index (χ3v) is 4.04. The van der Waals surface area contributed by atoms with Crippen molar-refractivity contribution in [1.82, 2.24) is 4.90 Å². The van der Waals surface area contributed by atoms with Crippen LogP contribution < -0.4 is 9.47 Å². The number of morpholine rings is 1. The lowest BCUT2D eigenvalue weighted by Crippen LogP contribution is -2.48. The number of carbonyl (C=O) groups excluding carboxylic acids is 2. The molecule has 2 atom stereocenters. The maximum atomic E-state index is 12.3. The second-order valence-electron chi connectivity index (χ2n) is 6.05. The van der Waals surface area contributed by atoms with Gasteiger partial charge in [-0.25, -0.2) is 0 Å². The maximum absolute atomic E-state index is 12.3. The maximum Gasteiger partial charge on any atom is 0.223 e. The molecule has 2 rings (SSSR count). The summed E-state index contributed by atoms with van der Waals surface area (Å²) < 4.78 is 16.0. The molecule has 132 valence electrons. The SMILES string of the molecule is COc1ccc(C(=O)CCC(=O)N2C[C@@H](C)O[C@H](C)C2)cc1OC. The molecule has 6 heteroatoms. The van der Waals surface area contributed by atoms with Crippen LogP contribution in [0.2, 0.25) is 0 Å². The summed E-state index contributed by atoms with van der Waals surface area (Å²) in [6.07, 6.45) is 0.430. The summed E-state index contributed by atoms with van der Waals surface area (Å²) in [6.45, 7) is 5.05. The molecule has 0 aromatic heterocycles. The summed E-state index contributed by atoms with van der Waals surface area (Å²) >= 11 is 0. The van der Waals surface area contributed by atoms with Crippen LogP contribution in [0.4, 0.5) is 0 Å². The first-order valence-corrected chi connectivity index (χ1v) is 8.13. The first-order chi connectivity index (χ1) is 11.4. The van der Waals surface area contributed by atoms with Gasteiger partial charge < -0.3 is 19.1 Å². The molecule has 1 aromatic carbocycles. The molecule has 1 saturated heterocycles. The number of hydrogen-bond donors (Lipinski definition) is 0. The predicted octanol–water partition coefficient (Wildman–Crippen LogP) is 2.30. The van der Waals surface area contributed by atoms with Crippen molar-refractivity contribution in [2.75, 3.05) is 27.3 Å². The van der Waals surface area contributed by atoms with Crippen LogP contribution >= 0.6 is 0 Å². The summed E-state index contributed by atoms with van der Waals surface area (Å²) in [7, 11) is 3.07. The smallest absolute Gasteiger partial charge is 0.223 e. The number of ether oxygens (including phenoxy) is 3. The molecule has 24 heavy (non-hydrogen) atoms. The lowest BCUT2D eigenvalue weighted by molar-refractivity contribution is -0.143. The minimum absolute atomic E-state index is 0.00849. The van der Waals surface area contributed by atoms with Crippen molar-refractivity contribution in [2.24, 2.45) is 0 Å². The number of rotatable bonds is 6. The van der Waals surface area contributed by atoms with Crippen LogP contribution in [0.5, 0.6) is 11.5 Å². The second-order valence-corrected chi connectivity index (χ2v) is 6.05. The van der Waals surface area contributed by atoms with E-state index in [9.17, 15) is 9.59 Å². The highest BCUT2D eigenvalue weighted by molar-refractivity contribution is 5.98. The van der Waals surface area contributed by atoms with Gasteiger partial charge in [0.15, 0.2) is 17.3 Å². The molecule has 0 aliphatic carbocycles. The molecule has 1 aromatic rings. The quantitative estimate of drug-likeness (QED) is 0.747. The van der Waals surface area contributed by atoms with Gasteiger partial charge in [-0.05, 0) is 32.0 Å². The molecule has 0 bridgehead atoms. The fourth-order valence-electron chi connectivity index (χ4n) is 2.91. The van der Waals surface area contributed by atoms with E-state index < -0.39 is 0 Å². The van der Waals surface area contributed by atoms with Gasteiger partial charge in [0.2, 0.25) is 5.91 Å². The summed E-state index contributed by atoms with van der Waals surface area (Å²) in [4.78, 5) is 26.4. The van der Waals surface area contributed by atoms with Gasteiger partial charge in [-0.3, -0.25) is 9.59 Å². The van der Waals surface area contributed by atoms with Crippen LogP contribution in [0.3, 0.4) is 0 Å². The average molecular weight is 335 g/mol. The van der Waals surface area contributed by atoms with Gasteiger partial charge in [-0.2, -0.15) is 0 Å². The van der Waals surface area contributed by atoms with Crippen LogP contribution in [0, 0.1) is 0 Å². The van der Waals surface area contributed by atoms with E-state index in [1.165, 1.54) is 7.11 Å². The van der Waals surface area contributed by atoms with E-state index in [-0.39, 0.29) is 36.7 Å². The van der Waals surface area contributed by atoms with Gasteiger partial charge in [0.1, 0.15) is 0 Å². The van der Waals surface area contributed by atoms with Crippen molar-refractivity contribution in [3.63, 3.8) is 0 Å². The van der Waals surface area contributed by atoms with Crippen molar-refractivity contribution in [3.05, 3.63) is 23.8 Å². The molecule has 0 N–H and O–H groups in total. The van der Waals surface area contributed by atoms with Crippen LogP contribution in [0.25, 0.3) is 0 Å². The lowest BCUT2D eigenvalue weighted by Gasteiger charge is -2.35. The molecule has 0 radical (unpaired) electrons. The highest BCUT2D eigenvalue weighted by Crippen LogP contribution is 2.28. The van der Waals surface area contributed by atoms with E-state index in [1.54, 1.807) is 30.2 Å². The molecule has 1 amide bonds. The van der Waals surface area contributed by atoms with Gasteiger partial charge in [-0.15, -0.1) is 0 Å². The second kappa shape index (κ2) is 8.15. The fourth-order valence-corrected chi connectivity index (χ4v) is 2.91. The molecule has 1 heterocycles. The summed E-state index contributed by atoms with van der Waals surface area (Å²) in [5.74, 6) is 0.983. The van der Waals surface area contributed by atoms with Gasteiger partial charge in [0.05, 0.1) is 26.4 Å². The molecule has 0 unspecified atom stereocenters. The highest BCUT2D eigenvalue weighted by Gasteiger charge is 2.26. The van der Waals surface area contributed by atoms with Crippen molar-refractivity contribution < 1.29 is 23.8 Å². The third kappa shape index (κ3) is 4.47. The van der Waals surface area contributed by atoms with Crippen LogP contribution in [0.15, 0.2) is 18.2 Å². The molecular formula is C18H25NO5. The zero-order chi connectivity index (χ0) is 17.7. The molecule has 6 nitrogen and oxygen atoms in total. The number of Topliss-reactive ketones (excluding diaryl/α,β-unsaturated/α-hetero) is 1. The third-order valence-electron chi connectivity index (χ3n) is 4.04. The van der Waals surface area contributed by atoms with Crippen molar-refractivity contribution in [2.45, 2.75) is 38.9 Å². The number of hydrogen-bond acceptors (Lipinski definition) is 5. The van der Waals surface area contributed by atoms with Gasteiger partial charge >= 0.3 is 0 Å². The van der Waals surface area contributed by atoms with E-state index >= 15 is 0 Å². The highest BCUT2D eigenvalue weighted by atomic mass is 16.5. The molecule has 0 saturated carbocycles. The number of nitrogens with zero attached hydrogens (tertiary/aromatic N) is 1. The number of ketones is 1. The zero-order valence-electron chi connectivity index (χ0n) is 14.7. The predicted molar refractivity (Wildman–Crippen MR) is 89.7 cm³/mol. The molecular weight excluding hydrogens is 310 g/mol. The van der Waals surface area contributed by atoms with Crippen LogP contribution in [-0.2, 0) is 9.53 Å². The molecule has 1 aliphatic heterocycles. The lowest BCUT2D eigenvalue weighted by atomic mass is 10.1. The van der Waals surface area contributed by atoms with Crippen LogP contribution in [-0.4, -0.2) is 56.1 Å². The molecule has 1 aliphatic rings. The summed E-state index contributed by atoms with van der Waals surface area (Å²) in [5, 5.41) is 0. The minimum atomic E-state index is -0.0846. The number of methoxy groups -OCH3 is 2. The Bertz CT molecular complexity index is 591. The van der Waals surface area contributed by atoms with Crippen molar-refractivity contribution in [1.29, 1.82) is 0 Å². The standard InChI is InChI=1S/C18H25NO5/c1-12-10-19(11-13(2)24-12)18(21)8-6-15(20)14-5-7-16(22-3)17(9-14)23-4/h5,7,9,12-13H,6,8,10-11H2,1-4H3/t12-,13-/m1/s1. The van der Waals surface area contributed by atoms with Crippen molar-refractivity contribution >= 4 is 11.7 Å². The minimum Gasteiger partial charge on any atom is -0.493 e. The first kappa shape index (κ1) is 18.3. The monoisotopic (exact) mass is 335 g/mol. The Morgan fingerprint density at radius 1 is 1.08 bits per heavy atom. The Morgan fingerprint density at radius 2 is 1.71 bits per heavy atom. The zero-order valence-corrected chi connectivity index (χ0v) is 14.7. The Kier molecular flexibility index (Phi) is 6.20. The summed E-state index contributed by atoms with van der Waals surface area (Å²) in [6, 6.07) is 5.02. The fraction of sp³-hybridized carbons (Fsp3) is 0.556. The van der Waals surface area contributed by atoms with E-state index in [0.29, 0.717) is 30.2 Å². The van der Waals surface area contributed by atoms with Crippen molar-refractivity contribution in [3.8, 4) is 11.5 Å². The topological polar surface area (TPSA) is 65.1 Å².